The number of carbonyl (C=O) groups is 2. The number of nitrogens with zero attached hydrogens (tertiary/aromatic N) is 1. The summed E-state index contributed by atoms with van der Waals surface area (Å²) in [5.41, 5.74) is 1.23. The molecule has 1 aliphatic rings. The number of likely N-dealkylation sites (N-methyl/N-ethyl adjacent to an activating group) is 1. The number of halogens is 2. The van der Waals surface area contributed by atoms with Crippen LogP contribution in [0.4, 0.5) is 13.8 Å². The predicted molar refractivity (Wildman–Crippen MR) is 99.2 cm³/mol. The van der Waals surface area contributed by atoms with Crippen LogP contribution >= 0.6 is 11.3 Å². The third-order valence-corrected chi connectivity index (χ3v) is 5.60. The molecule has 0 saturated carbocycles. The van der Waals surface area contributed by atoms with E-state index >= 15 is 0 Å². The number of esters is 1. The molecule has 2 aromatic rings. The van der Waals surface area contributed by atoms with Gasteiger partial charge in [0.05, 0.1) is 12.2 Å². The Balaban J connectivity index is 1.93. The summed E-state index contributed by atoms with van der Waals surface area (Å²) in [6, 6.07) is 2.93. The molecule has 0 spiro atoms. The number of nitrogens with one attached hydrogen (secondary N) is 1. The summed E-state index contributed by atoms with van der Waals surface area (Å²) in [6.45, 7) is 6.42. The van der Waals surface area contributed by atoms with E-state index in [-0.39, 0.29) is 12.2 Å². The molecule has 0 saturated heterocycles. The maximum Gasteiger partial charge on any atom is 0.341 e. The van der Waals surface area contributed by atoms with Crippen molar-refractivity contribution in [3.63, 3.8) is 0 Å². The fourth-order valence-corrected chi connectivity index (χ4v) is 4.32. The molecule has 0 atom stereocenters. The lowest BCUT2D eigenvalue weighted by Crippen LogP contribution is -2.30. The second kappa shape index (κ2) is 8.14. The number of ether oxygens (including phenoxy) is 1. The molecule has 8 heteroatoms. The van der Waals surface area contributed by atoms with Gasteiger partial charge in [0.25, 0.3) is 5.91 Å². The summed E-state index contributed by atoms with van der Waals surface area (Å²) < 4.78 is 31.7. The Hall–Kier alpha value is -2.32. The van der Waals surface area contributed by atoms with Gasteiger partial charge in [-0.15, -0.1) is 11.3 Å². The Morgan fingerprint density at radius 2 is 2.04 bits per heavy atom. The number of carbonyl (C=O) groups excluding carboxylic acids is 2. The van der Waals surface area contributed by atoms with Crippen molar-refractivity contribution in [2.75, 3.05) is 25.0 Å². The molecule has 0 unspecified atom stereocenters. The van der Waals surface area contributed by atoms with E-state index < -0.39 is 23.5 Å². The van der Waals surface area contributed by atoms with Gasteiger partial charge in [-0.05, 0) is 43.7 Å². The number of rotatable bonds is 5. The van der Waals surface area contributed by atoms with E-state index in [4.69, 9.17) is 4.74 Å². The maximum absolute atomic E-state index is 13.4. The van der Waals surface area contributed by atoms with Crippen LogP contribution in [0.15, 0.2) is 18.2 Å². The van der Waals surface area contributed by atoms with Crippen molar-refractivity contribution in [1.82, 2.24) is 4.90 Å². The number of amides is 1. The number of benzene rings is 1. The van der Waals surface area contributed by atoms with Crippen molar-refractivity contribution in [2.45, 2.75) is 26.8 Å². The zero-order valence-corrected chi connectivity index (χ0v) is 15.9. The molecule has 0 radical (unpaired) electrons. The molecule has 5 nitrogen and oxygen atoms in total. The van der Waals surface area contributed by atoms with Crippen LogP contribution in [0.5, 0.6) is 0 Å². The summed E-state index contributed by atoms with van der Waals surface area (Å²) in [7, 11) is 0. The summed E-state index contributed by atoms with van der Waals surface area (Å²) in [4.78, 5) is 28.2. The topological polar surface area (TPSA) is 58.6 Å². The van der Waals surface area contributed by atoms with E-state index in [2.05, 4.69) is 17.1 Å². The van der Waals surface area contributed by atoms with Gasteiger partial charge in [0, 0.05) is 23.5 Å². The lowest BCUT2D eigenvalue weighted by atomic mass is 10.0. The van der Waals surface area contributed by atoms with Crippen molar-refractivity contribution in [2.24, 2.45) is 0 Å². The average molecular weight is 394 g/mol. The SMILES string of the molecule is CCOC(=O)c1c(NC(=O)c2ccc(F)c(F)c2)sc2c1CCN(CC)C2. The number of fused-ring (bicyclic) bond motifs is 1. The third-order valence-electron chi connectivity index (χ3n) is 4.47. The molecule has 0 fully saturated rings. The van der Waals surface area contributed by atoms with E-state index in [1.165, 1.54) is 17.4 Å². The molecule has 27 heavy (non-hydrogen) atoms. The highest BCUT2D eigenvalue weighted by atomic mass is 32.1. The lowest BCUT2D eigenvalue weighted by molar-refractivity contribution is 0.0526. The van der Waals surface area contributed by atoms with Gasteiger partial charge in [-0.2, -0.15) is 0 Å². The Morgan fingerprint density at radius 1 is 1.26 bits per heavy atom. The van der Waals surface area contributed by atoms with Crippen LogP contribution in [0, 0.1) is 11.6 Å². The standard InChI is InChI=1S/C19H20F2N2O3S/c1-3-23-8-7-12-15(10-23)27-18(16(12)19(25)26-4-2)22-17(24)11-5-6-13(20)14(21)9-11/h5-6,9H,3-4,7-8,10H2,1-2H3,(H,22,24). The van der Waals surface area contributed by atoms with Gasteiger partial charge >= 0.3 is 5.97 Å². The number of hydrogen-bond acceptors (Lipinski definition) is 5. The van der Waals surface area contributed by atoms with Crippen LogP contribution in [0.1, 0.15) is 45.0 Å². The minimum atomic E-state index is -1.10. The quantitative estimate of drug-likeness (QED) is 0.783. The Morgan fingerprint density at radius 3 is 2.70 bits per heavy atom. The average Bonchev–Trinajstić information content (AvgIpc) is 3.00. The lowest BCUT2D eigenvalue weighted by Gasteiger charge is -2.25. The fraction of sp³-hybridized carbons (Fsp3) is 0.368. The normalized spacial score (nSPS) is 13.9. The number of anilines is 1. The molecule has 2 heterocycles. The highest BCUT2D eigenvalue weighted by Crippen LogP contribution is 2.37. The van der Waals surface area contributed by atoms with Gasteiger partial charge in [0.1, 0.15) is 5.00 Å². The van der Waals surface area contributed by atoms with Crippen molar-refractivity contribution in [3.8, 4) is 0 Å². The molecular formula is C19H20F2N2O3S. The van der Waals surface area contributed by atoms with Gasteiger partial charge in [-0.3, -0.25) is 9.69 Å². The molecule has 1 aromatic heterocycles. The largest absolute Gasteiger partial charge is 0.462 e. The van der Waals surface area contributed by atoms with Gasteiger partial charge in [-0.1, -0.05) is 6.92 Å². The summed E-state index contributed by atoms with van der Waals surface area (Å²) in [6.07, 6.45) is 0.689. The van der Waals surface area contributed by atoms with Crippen LogP contribution in [-0.2, 0) is 17.7 Å². The zero-order chi connectivity index (χ0) is 19.6. The molecule has 1 amide bonds. The van der Waals surface area contributed by atoms with Crippen LogP contribution in [0.25, 0.3) is 0 Å². The first-order valence-corrected chi connectivity index (χ1v) is 9.56. The van der Waals surface area contributed by atoms with Crippen molar-refractivity contribution >= 4 is 28.2 Å². The van der Waals surface area contributed by atoms with Crippen LogP contribution in [0.3, 0.4) is 0 Å². The Kier molecular flexibility index (Phi) is 5.86. The molecule has 0 aliphatic carbocycles. The van der Waals surface area contributed by atoms with Crippen molar-refractivity contribution in [1.29, 1.82) is 0 Å². The monoisotopic (exact) mass is 394 g/mol. The van der Waals surface area contributed by atoms with Gasteiger partial charge in [0.2, 0.25) is 0 Å². The first-order valence-electron chi connectivity index (χ1n) is 8.75. The predicted octanol–water partition coefficient (Wildman–Crippen LogP) is 3.83. The fourth-order valence-electron chi connectivity index (χ4n) is 3.05. The molecule has 1 aromatic carbocycles. The van der Waals surface area contributed by atoms with E-state index in [0.717, 1.165) is 35.7 Å². The van der Waals surface area contributed by atoms with E-state index in [0.29, 0.717) is 23.5 Å². The second-order valence-electron chi connectivity index (χ2n) is 6.13. The van der Waals surface area contributed by atoms with Crippen molar-refractivity contribution in [3.05, 3.63) is 51.4 Å². The molecule has 0 bridgehead atoms. The number of thiophene rings is 1. The van der Waals surface area contributed by atoms with E-state index in [1.54, 1.807) is 6.92 Å². The first-order chi connectivity index (χ1) is 12.9. The summed E-state index contributed by atoms with van der Waals surface area (Å²) in [5.74, 6) is -3.21. The first kappa shape index (κ1) is 19.4. The van der Waals surface area contributed by atoms with Gasteiger partial charge in [0.15, 0.2) is 11.6 Å². The van der Waals surface area contributed by atoms with Crippen LogP contribution in [-0.4, -0.2) is 36.5 Å². The van der Waals surface area contributed by atoms with Gasteiger partial charge in [-0.25, -0.2) is 13.6 Å². The molecule has 1 aliphatic heterocycles. The van der Waals surface area contributed by atoms with Crippen LogP contribution in [0.2, 0.25) is 0 Å². The molecule has 144 valence electrons. The highest BCUT2D eigenvalue weighted by Gasteiger charge is 2.29. The number of hydrogen-bond donors (Lipinski definition) is 1. The van der Waals surface area contributed by atoms with Gasteiger partial charge < -0.3 is 10.1 Å². The van der Waals surface area contributed by atoms with Crippen LogP contribution < -0.4 is 5.32 Å². The van der Waals surface area contributed by atoms with E-state index in [1.807, 2.05) is 0 Å². The zero-order valence-electron chi connectivity index (χ0n) is 15.1. The van der Waals surface area contributed by atoms with E-state index in [9.17, 15) is 18.4 Å². The summed E-state index contributed by atoms with van der Waals surface area (Å²) >= 11 is 1.32. The Labute approximate surface area is 159 Å². The minimum Gasteiger partial charge on any atom is -0.462 e. The third kappa shape index (κ3) is 4.01. The Bertz CT molecular complexity index is 882. The highest BCUT2D eigenvalue weighted by molar-refractivity contribution is 7.17. The smallest absolute Gasteiger partial charge is 0.341 e. The molecule has 3 rings (SSSR count). The summed E-state index contributed by atoms with van der Waals surface area (Å²) in [5, 5.41) is 3.05. The minimum absolute atomic E-state index is 0.0229. The van der Waals surface area contributed by atoms with Crippen molar-refractivity contribution < 1.29 is 23.1 Å². The molecular weight excluding hydrogens is 374 g/mol. The maximum atomic E-state index is 13.4. The molecule has 1 N–H and O–H groups in total. The second-order valence-corrected chi connectivity index (χ2v) is 7.24.